The Morgan fingerprint density at radius 3 is 2.51 bits per heavy atom. The van der Waals surface area contributed by atoms with Gasteiger partial charge in [-0.2, -0.15) is 4.98 Å². The van der Waals surface area contributed by atoms with Crippen LogP contribution in [0.4, 0.5) is 0 Å². The summed E-state index contributed by atoms with van der Waals surface area (Å²) in [5.74, 6) is 1.63. The highest BCUT2D eigenvalue weighted by atomic mass is 35.5. The van der Waals surface area contributed by atoms with Gasteiger partial charge in [0, 0.05) is 17.0 Å². The van der Waals surface area contributed by atoms with Crippen molar-refractivity contribution in [2.75, 3.05) is 20.3 Å². The van der Waals surface area contributed by atoms with Gasteiger partial charge in [-0.1, -0.05) is 52.7 Å². The van der Waals surface area contributed by atoms with E-state index in [9.17, 15) is 4.79 Å². The maximum Gasteiger partial charge on any atom is 0.338 e. The van der Waals surface area contributed by atoms with Crippen LogP contribution >= 0.6 is 34.5 Å². The molecule has 4 aromatic rings. The quantitative estimate of drug-likeness (QED) is 0.162. The van der Waals surface area contributed by atoms with Gasteiger partial charge in [-0.25, -0.2) is 4.79 Å². The molecule has 0 N–H and O–H groups in total. The van der Waals surface area contributed by atoms with Crippen molar-refractivity contribution in [3.05, 3.63) is 57.3 Å². The van der Waals surface area contributed by atoms with Crippen LogP contribution in [0.15, 0.2) is 34.9 Å². The smallest absolute Gasteiger partial charge is 0.338 e. The molecule has 0 amide bonds. The summed E-state index contributed by atoms with van der Waals surface area (Å²) in [5, 5.41) is 5.81. The Balaban J connectivity index is 1.07. The van der Waals surface area contributed by atoms with Crippen LogP contribution < -0.4 is 9.47 Å². The van der Waals surface area contributed by atoms with Crippen LogP contribution in [0.3, 0.4) is 0 Å². The first-order valence-corrected chi connectivity index (χ1v) is 16.4. The Bertz CT molecular complexity index is 1720. The second-order valence-corrected chi connectivity index (χ2v) is 13.7. The van der Waals surface area contributed by atoms with Gasteiger partial charge in [0.2, 0.25) is 0 Å². The molecule has 3 fully saturated rings. The van der Waals surface area contributed by atoms with E-state index in [1.165, 1.54) is 18.4 Å². The fraction of sp³-hybridized carbons (Fsp3) is 0.469. The molecule has 1 aliphatic carbocycles. The van der Waals surface area contributed by atoms with Gasteiger partial charge >= 0.3 is 5.97 Å². The lowest BCUT2D eigenvalue weighted by atomic mass is 10.0. The van der Waals surface area contributed by atoms with Crippen molar-refractivity contribution in [2.45, 2.75) is 70.2 Å². The Morgan fingerprint density at radius 1 is 1.11 bits per heavy atom. The van der Waals surface area contributed by atoms with Gasteiger partial charge in [-0.05, 0) is 50.5 Å². The molecule has 2 unspecified atom stereocenters. The number of nitrogens with zero attached hydrogens (tertiary/aromatic N) is 2. The number of hydrogen-bond donors (Lipinski definition) is 0. The van der Waals surface area contributed by atoms with E-state index < -0.39 is 12.1 Å². The number of fused-ring (bicyclic) bond motifs is 2. The third-order valence-corrected chi connectivity index (χ3v) is 9.87. The molecule has 7 rings (SSSR count). The van der Waals surface area contributed by atoms with Crippen molar-refractivity contribution >= 4 is 50.7 Å². The van der Waals surface area contributed by atoms with Crippen molar-refractivity contribution in [1.29, 1.82) is 0 Å². The van der Waals surface area contributed by atoms with Gasteiger partial charge in [0.15, 0.2) is 6.10 Å². The van der Waals surface area contributed by atoms with Gasteiger partial charge in [-0.3, -0.25) is 0 Å². The SMILES string of the molecule is COC(=O)c1cc(OC(C)C)c2nc(O[C@H]3CO[C@H]4[C@@H]3OC[C@@H]4OCc3c(-c4c(Cl)cccc4Cl)noc3C3CC3C)sc2c1. The number of aromatic nitrogens is 2. The van der Waals surface area contributed by atoms with E-state index in [-0.39, 0.29) is 36.9 Å². The first kappa shape index (κ1) is 30.7. The number of ether oxygens (including phenoxy) is 6. The molecule has 2 saturated heterocycles. The molecule has 10 nitrogen and oxygen atoms in total. The molecule has 45 heavy (non-hydrogen) atoms. The molecule has 6 atom stereocenters. The maximum absolute atomic E-state index is 12.3. The van der Waals surface area contributed by atoms with E-state index in [0.29, 0.717) is 62.5 Å². The molecule has 13 heteroatoms. The molecule has 0 bridgehead atoms. The summed E-state index contributed by atoms with van der Waals surface area (Å²) in [4.78, 5) is 17.0. The lowest BCUT2D eigenvalue weighted by molar-refractivity contribution is -0.0428. The van der Waals surface area contributed by atoms with Crippen LogP contribution in [0, 0.1) is 5.92 Å². The summed E-state index contributed by atoms with van der Waals surface area (Å²) in [6.07, 6.45) is -0.485. The minimum atomic E-state index is -0.453. The molecular weight excluding hydrogens is 643 g/mol. The maximum atomic E-state index is 12.3. The first-order valence-electron chi connectivity index (χ1n) is 14.9. The highest BCUT2D eigenvalue weighted by molar-refractivity contribution is 7.20. The van der Waals surface area contributed by atoms with E-state index in [2.05, 4.69) is 17.1 Å². The van der Waals surface area contributed by atoms with Gasteiger partial charge in [-0.15, -0.1) is 0 Å². The number of thiazole rings is 1. The molecule has 0 spiro atoms. The molecule has 2 aromatic carbocycles. The highest BCUT2D eigenvalue weighted by Gasteiger charge is 2.50. The fourth-order valence-electron chi connectivity index (χ4n) is 5.96. The zero-order chi connectivity index (χ0) is 31.4. The van der Waals surface area contributed by atoms with Crippen molar-refractivity contribution in [3.8, 4) is 22.2 Å². The van der Waals surface area contributed by atoms with Crippen molar-refractivity contribution in [2.24, 2.45) is 5.92 Å². The van der Waals surface area contributed by atoms with Crippen LogP contribution in [0.2, 0.25) is 10.0 Å². The normalized spacial score (nSPS) is 25.6. The lowest BCUT2D eigenvalue weighted by Crippen LogP contribution is -2.35. The molecule has 2 aliphatic heterocycles. The second kappa shape index (κ2) is 12.4. The van der Waals surface area contributed by atoms with E-state index >= 15 is 0 Å². The summed E-state index contributed by atoms with van der Waals surface area (Å²) in [6.45, 7) is 6.90. The van der Waals surface area contributed by atoms with Gasteiger partial charge in [0.1, 0.15) is 41.0 Å². The standard InChI is InChI=1S/C32H32Cl2N2O8S/c1-14(2)42-21-9-16(31(37)38-4)10-24-27(21)35-32(45-24)43-23-13-41-29-22(12-40-30(23)29)39-11-18-26(25-19(33)6-5-7-20(25)34)36-44-28(18)17-8-15(17)3/h5-7,9-10,14-15,17,22-23,29-30H,8,11-13H2,1-4H3/t15?,17?,22-,23-,29+,30+/m0/s1. The highest BCUT2D eigenvalue weighted by Crippen LogP contribution is 2.50. The third-order valence-electron chi connectivity index (χ3n) is 8.34. The zero-order valence-corrected chi connectivity index (χ0v) is 27.4. The Morgan fingerprint density at radius 2 is 1.82 bits per heavy atom. The Hall–Kier alpha value is -2.93. The summed E-state index contributed by atoms with van der Waals surface area (Å²) in [6, 6.07) is 8.74. The lowest BCUT2D eigenvalue weighted by Gasteiger charge is -2.17. The average Bonchev–Trinajstić information content (AvgIpc) is 3.44. The minimum absolute atomic E-state index is 0.112. The number of carbonyl (C=O) groups is 1. The molecule has 3 aliphatic rings. The van der Waals surface area contributed by atoms with Crippen LogP contribution in [0.1, 0.15) is 54.8 Å². The molecule has 4 heterocycles. The number of rotatable bonds is 10. The topological polar surface area (TPSA) is 111 Å². The number of carbonyl (C=O) groups excluding carboxylic acids is 1. The Labute approximate surface area is 273 Å². The van der Waals surface area contributed by atoms with Gasteiger partial charge in [0.25, 0.3) is 5.19 Å². The van der Waals surface area contributed by atoms with Crippen LogP contribution in [-0.4, -0.2) is 67.0 Å². The van der Waals surface area contributed by atoms with Crippen LogP contribution in [-0.2, 0) is 25.6 Å². The molecule has 1 saturated carbocycles. The number of methoxy groups -OCH3 is 1. The predicted molar refractivity (Wildman–Crippen MR) is 168 cm³/mol. The third kappa shape index (κ3) is 5.90. The predicted octanol–water partition coefficient (Wildman–Crippen LogP) is 7.09. The summed E-state index contributed by atoms with van der Waals surface area (Å²) in [5.41, 5.74) is 3.06. The summed E-state index contributed by atoms with van der Waals surface area (Å²) in [7, 11) is 1.35. The first-order chi connectivity index (χ1) is 21.7. The van der Waals surface area contributed by atoms with Crippen molar-refractivity contribution < 1.29 is 37.7 Å². The average molecular weight is 676 g/mol. The number of hydrogen-bond acceptors (Lipinski definition) is 11. The van der Waals surface area contributed by atoms with Crippen molar-refractivity contribution in [1.82, 2.24) is 10.1 Å². The van der Waals surface area contributed by atoms with E-state index in [1.807, 2.05) is 13.8 Å². The number of halogens is 2. The second-order valence-electron chi connectivity index (χ2n) is 11.9. The minimum Gasteiger partial charge on any atom is -0.489 e. The largest absolute Gasteiger partial charge is 0.489 e. The number of esters is 1. The molecular formula is C32H32Cl2N2O8S. The fourth-order valence-corrected chi connectivity index (χ4v) is 7.46. The van der Waals surface area contributed by atoms with Gasteiger partial charge in [0.05, 0.1) is 53.3 Å². The number of benzene rings is 2. The van der Waals surface area contributed by atoms with Crippen LogP contribution in [0.25, 0.3) is 21.5 Å². The van der Waals surface area contributed by atoms with Gasteiger partial charge < -0.3 is 32.9 Å². The molecule has 2 aromatic heterocycles. The van der Waals surface area contributed by atoms with E-state index in [1.54, 1.807) is 30.3 Å². The molecule has 238 valence electrons. The summed E-state index contributed by atoms with van der Waals surface area (Å²) >= 11 is 14.4. The van der Waals surface area contributed by atoms with E-state index in [4.69, 9.17) is 56.1 Å². The van der Waals surface area contributed by atoms with Crippen LogP contribution in [0.5, 0.6) is 10.9 Å². The Kier molecular flexibility index (Phi) is 8.43. The summed E-state index contributed by atoms with van der Waals surface area (Å²) < 4.78 is 42.5. The van der Waals surface area contributed by atoms with E-state index in [0.717, 1.165) is 22.4 Å². The zero-order valence-electron chi connectivity index (χ0n) is 25.1. The monoisotopic (exact) mass is 674 g/mol. The van der Waals surface area contributed by atoms with Crippen molar-refractivity contribution in [3.63, 3.8) is 0 Å². The molecule has 0 radical (unpaired) electrons.